The Kier molecular flexibility index (Phi) is 4.62. The van der Waals surface area contributed by atoms with E-state index in [1.165, 1.54) is 51.4 Å². The second kappa shape index (κ2) is 5.73. The van der Waals surface area contributed by atoms with Crippen LogP contribution in [-0.4, -0.2) is 30.1 Å². The van der Waals surface area contributed by atoms with Crippen molar-refractivity contribution in [2.75, 3.05) is 13.6 Å². The largest absolute Gasteiger partial charge is 0.329 e. The van der Waals surface area contributed by atoms with Crippen molar-refractivity contribution >= 4 is 0 Å². The van der Waals surface area contributed by atoms with Gasteiger partial charge in [0.15, 0.2) is 0 Å². The van der Waals surface area contributed by atoms with Crippen LogP contribution in [0.5, 0.6) is 0 Å². The van der Waals surface area contributed by atoms with Crippen LogP contribution in [0.25, 0.3) is 0 Å². The molecule has 0 aromatic carbocycles. The molecule has 0 spiro atoms. The van der Waals surface area contributed by atoms with Gasteiger partial charge in [0.1, 0.15) is 0 Å². The molecule has 2 nitrogen and oxygen atoms in total. The fourth-order valence-electron chi connectivity index (χ4n) is 4.11. The highest BCUT2D eigenvalue weighted by atomic mass is 15.2. The van der Waals surface area contributed by atoms with Crippen LogP contribution < -0.4 is 5.73 Å². The van der Waals surface area contributed by atoms with E-state index in [9.17, 15) is 0 Å². The summed E-state index contributed by atoms with van der Waals surface area (Å²) in [6.45, 7) is 8.06. The molecule has 0 heterocycles. The highest BCUT2D eigenvalue weighted by Crippen LogP contribution is 2.44. The van der Waals surface area contributed by atoms with Gasteiger partial charge >= 0.3 is 0 Å². The molecular formula is C17H34N2. The van der Waals surface area contributed by atoms with Crippen LogP contribution in [0.3, 0.4) is 0 Å². The van der Waals surface area contributed by atoms with E-state index < -0.39 is 0 Å². The fraction of sp³-hybridized carbons (Fsp3) is 1.00. The van der Waals surface area contributed by atoms with Gasteiger partial charge in [0.05, 0.1) is 0 Å². The van der Waals surface area contributed by atoms with E-state index in [1.54, 1.807) is 0 Å². The first-order chi connectivity index (χ1) is 8.88. The topological polar surface area (TPSA) is 29.3 Å². The number of hydrogen-bond acceptors (Lipinski definition) is 2. The van der Waals surface area contributed by atoms with Crippen LogP contribution in [0.2, 0.25) is 0 Å². The molecule has 2 rings (SSSR count). The van der Waals surface area contributed by atoms with Crippen LogP contribution >= 0.6 is 0 Å². The van der Waals surface area contributed by atoms with Gasteiger partial charge in [0.25, 0.3) is 0 Å². The van der Waals surface area contributed by atoms with Crippen molar-refractivity contribution in [3.05, 3.63) is 0 Å². The second-order valence-electron chi connectivity index (χ2n) is 8.12. The predicted octanol–water partition coefficient (Wildman–Crippen LogP) is 3.79. The molecule has 19 heavy (non-hydrogen) atoms. The standard InChI is InChI=1S/C17H34N2/c1-14-5-7-15(8-6-14)19(4)17(13-18)11-9-16(2,3)10-12-17/h14-15H,5-13,18H2,1-4H3. The average Bonchev–Trinajstić information content (AvgIpc) is 2.40. The smallest absolute Gasteiger partial charge is 0.0332 e. The van der Waals surface area contributed by atoms with Crippen molar-refractivity contribution in [1.82, 2.24) is 4.90 Å². The molecule has 2 heteroatoms. The monoisotopic (exact) mass is 266 g/mol. The first-order valence-electron chi connectivity index (χ1n) is 8.32. The minimum absolute atomic E-state index is 0.292. The third-order valence-corrected chi connectivity index (χ3v) is 6.20. The molecular weight excluding hydrogens is 232 g/mol. The Morgan fingerprint density at radius 3 is 2.00 bits per heavy atom. The quantitative estimate of drug-likeness (QED) is 0.842. The molecule has 112 valence electrons. The lowest BCUT2D eigenvalue weighted by Crippen LogP contribution is -2.58. The Bertz CT molecular complexity index is 280. The lowest BCUT2D eigenvalue weighted by atomic mass is 9.68. The lowest BCUT2D eigenvalue weighted by molar-refractivity contribution is -0.00151. The van der Waals surface area contributed by atoms with Crippen molar-refractivity contribution in [3.8, 4) is 0 Å². The van der Waals surface area contributed by atoms with Crippen LogP contribution in [0, 0.1) is 11.3 Å². The molecule has 0 aliphatic heterocycles. The molecule has 0 unspecified atom stereocenters. The number of rotatable bonds is 3. The summed E-state index contributed by atoms with van der Waals surface area (Å²) < 4.78 is 0. The van der Waals surface area contributed by atoms with Crippen molar-refractivity contribution in [3.63, 3.8) is 0 Å². The predicted molar refractivity (Wildman–Crippen MR) is 83.2 cm³/mol. The molecule has 2 aliphatic carbocycles. The second-order valence-corrected chi connectivity index (χ2v) is 8.12. The first kappa shape index (κ1) is 15.3. The average molecular weight is 266 g/mol. The zero-order valence-corrected chi connectivity index (χ0v) is 13.5. The van der Waals surface area contributed by atoms with E-state index in [0.717, 1.165) is 18.5 Å². The number of nitrogens with two attached hydrogens (primary N) is 1. The van der Waals surface area contributed by atoms with Gasteiger partial charge in [-0.3, -0.25) is 4.90 Å². The molecule has 2 N–H and O–H groups in total. The van der Waals surface area contributed by atoms with E-state index in [-0.39, 0.29) is 0 Å². The molecule has 0 amide bonds. The molecule has 2 fully saturated rings. The van der Waals surface area contributed by atoms with Gasteiger partial charge in [-0.15, -0.1) is 0 Å². The number of hydrogen-bond donors (Lipinski definition) is 1. The molecule has 0 bridgehead atoms. The van der Waals surface area contributed by atoms with Crippen LogP contribution in [-0.2, 0) is 0 Å². The van der Waals surface area contributed by atoms with Crippen LogP contribution in [0.1, 0.15) is 72.1 Å². The van der Waals surface area contributed by atoms with E-state index >= 15 is 0 Å². The molecule has 0 aromatic heterocycles. The number of likely N-dealkylation sites (N-methyl/N-ethyl adjacent to an activating group) is 1. The van der Waals surface area contributed by atoms with Crippen molar-refractivity contribution in [2.24, 2.45) is 17.1 Å². The van der Waals surface area contributed by atoms with Gasteiger partial charge in [0.2, 0.25) is 0 Å². The summed E-state index contributed by atoms with van der Waals surface area (Å²) in [5.74, 6) is 0.934. The lowest BCUT2D eigenvalue weighted by Gasteiger charge is -2.52. The minimum atomic E-state index is 0.292. The van der Waals surface area contributed by atoms with Gasteiger partial charge in [-0.25, -0.2) is 0 Å². The Morgan fingerprint density at radius 2 is 1.53 bits per heavy atom. The zero-order valence-electron chi connectivity index (χ0n) is 13.5. The Hall–Kier alpha value is -0.0800. The van der Waals surface area contributed by atoms with E-state index in [1.807, 2.05) is 0 Å². The zero-order chi connectivity index (χ0) is 14.1. The fourth-order valence-corrected chi connectivity index (χ4v) is 4.11. The Labute approximate surface area is 120 Å². The van der Waals surface area contributed by atoms with Crippen LogP contribution in [0.15, 0.2) is 0 Å². The summed E-state index contributed by atoms with van der Waals surface area (Å²) >= 11 is 0. The maximum atomic E-state index is 6.22. The van der Waals surface area contributed by atoms with Crippen LogP contribution in [0.4, 0.5) is 0 Å². The normalized spacial score (nSPS) is 34.4. The molecule has 2 saturated carbocycles. The summed E-state index contributed by atoms with van der Waals surface area (Å²) in [7, 11) is 2.35. The maximum absolute atomic E-state index is 6.22. The summed E-state index contributed by atoms with van der Waals surface area (Å²) in [5, 5.41) is 0. The maximum Gasteiger partial charge on any atom is 0.0332 e. The summed E-state index contributed by atoms with van der Waals surface area (Å²) in [5.41, 5.74) is 7.04. The van der Waals surface area contributed by atoms with Crippen molar-refractivity contribution < 1.29 is 0 Å². The molecule has 2 aliphatic rings. The Morgan fingerprint density at radius 1 is 1.00 bits per heavy atom. The van der Waals surface area contributed by atoms with E-state index in [2.05, 4.69) is 32.7 Å². The number of nitrogens with zero attached hydrogens (tertiary/aromatic N) is 1. The summed E-state index contributed by atoms with van der Waals surface area (Å²) in [6.07, 6.45) is 10.8. The molecule has 0 atom stereocenters. The van der Waals surface area contributed by atoms with E-state index in [4.69, 9.17) is 5.73 Å². The SMILES string of the molecule is CC1CCC(N(C)C2(CN)CCC(C)(C)CC2)CC1. The van der Waals surface area contributed by atoms with Gasteiger partial charge in [-0.2, -0.15) is 0 Å². The molecule has 0 saturated heterocycles. The third-order valence-electron chi connectivity index (χ3n) is 6.20. The van der Waals surface area contributed by atoms with Crippen molar-refractivity contribution in [2.45, 2.75) is 83.7 Å². The third kappa shape index (κ3) is 3.33. The highest BCUT2D eigenvalue weighted by Gasteiger charge is 2.42. The Balaban J connectivity index is 2.01. The summed E-state index contributed by atoms with van der Waals surface area (Å²) in [6, 6.07) is 0.779. The van der Waals surface area contributed by atoms with Crippen molar-refractivity contribution in [1.29, 1.82) is 0 Å². The molecule has 0 radical (unpaired) electrons. The molecule has 0 aromatic rings. The summed E-state index contributed by atoms with van der Waals surface area (Å²) in [4.78, 5) is 2.69. The van der Waals surface area contributed by atoms with Gasteiger partial charge in [0, 0.05) is 18.1 Å². The van der Waals surface area contributed by atoms with Gasteiger partial charge in [-0.05, 0) is 69.7 Å². The first-order valence-corrected chi connectivity index (χ1v) is 8.32. The highest BCUT2D eigenvalue weighted by molar-refractivity contribution is 4.99. The van der Waals surface area contributed by atoms with Gasteiger partial charge < -0.3 is 5.73 Å². The minimum Gasteiger partial charge on any atom is -0.329 e. The van der Waals surface area contributed by atoms with E-state index in [0.29, 0.717) is 11.0 Å². The van der Waals surface area contributed by atoms with Gasteiger partial charge in [-0.1, -0.05) is 20.8 Å².